The molecule has 1 aromatic rings. The van der Waals surface area contributed by atoms with Crippen LogP contribution in [0.3, 0.4) is 0 Å². The van der Waals surface area contributed by atoms with E-state index in [0.717, 1.165) is 18.9 Å². The first-order valence-corrected chi connectivity index (χ1v) is 7.39. The molecule has 1 heterocycles. The molecule has 1 fully saturated rings. The van der Waals surface area contributed by atoms with Crippen LogP contribution in [-0.4, -0.2) is 31.9 Å². The number of nitrogens with two attached hydrogens (primary N) is 1. The van der Waals surface area contributed by atoms with Crippen molar-refractivity contribution in [2.24, 2.45) is 5.73 Å². The Labute approximate surface area is 107 Å². The molecule has 0 amide bonds. The molecule has 4 nitrogen and oxygen atoms in total. The maximum Gasteiger partial charge on any atom is 0.243 e. The van der Waals surface area contributed by atoms with Crippen LogP contribution in [0.5, 0.6) is 0 Å². The molecule has 1 aliphatic rings. The molecule has 0 saturated carbocycles. The fraction of sp³-hybridized carbons (Fsp3) is 0.500. The summed E-state index contributed by atoms with van der Waals surface area (Å²) in [5, 5.41) is 0. The van der Waals surface area contributed by atoms with Gasteiger partial charge in [0.15, 0.2) is 0 Å². The maximum atomic E-state index is 13.2. The van der Waals surface area contributed by atoms with Gasteiger partial charge in [-0.2, -0.15) is 4.31 Å². The number of aryl methyl sites for hydroxylation is 1. The van der Waals surface area contributed by atoms with Crippen molar-refractivity contribution in [3.63, 3.8) is 0 Å². The second kappa shape index (κ2) is 4.95. The van der Waals surface area contributed by atoms with Gasteiger partial charge in [0.25, 0.3) is 0 Å². The summed E-state index contributed by atoms with van der Waals surface area (Å²) in [7, 11) is -3.64. The number of hydrogen-bond donors (Lipinski definition) is 1. The largest absolute Gasteiger partial charge is 0.329 e. The molecule has 100 valence electrons. The number of halogens is 1. The van der Waals surface area contributed by atoms with Crippen molar-refractivity contribution in [2.75, 3.05) is 13.1 Å². The van der Waals surface area contributed by atoms with Gasteiger partial charge in [0.1, 0.15) is 5.82 Å². The van der Waals surface area contributed by atoms with Gasteiger partial charge in [-0.25, -0.2) is 12.8 Å². The van der Waals surface area contributed by atoms with Gasteiger partial charge in [-0.3, -0.25) is 0 Å². The smallest absolute Gasteiger partial charge is 0.243 e. The second-order valence-corrected chi connectivity index (χ2v) is 6.42. The zero-order chi connectivity index (χ0) is 13.3. The van der Waals surface area contributed by atoms with Crippen molar-refractivity contribution in [3.8, 4) is 0 Å². The van der Waals surface area contributed by atoms with Crippen molar-refractivity contribution < 1.29 is 12.8 Å². The summed E-state index contributed by atoms with van der Waals surface area (Å²) in [4.78, 5) is 0.0443. The Morgan fingerprint density at radius 1 is 1.50 bits per heavy atom. The molecule has 18 heavy (non-hydrogen) atoms. The van der Waals surface area contributed by atoms with Gasteiger partial charge in [-0.1, -0.05) is 6.07 Å². The highest BCUT2D eigenvalue weighted by atomic mass is 32.2. The van der Waals surface area contributed by atoms with Crippen molar-refractivity contribution in [1.29, 1.82) is 0 Å². The van der Waals surface area contributed by atoms with E-state index >= 15 is 0 Å². The first-order chi connectivity index (χ1) is 8.46. The third-order valence-corrected chi connectivity index (χ3v) is 5.43. The zero-order valence-electron chi connectivity index (χ0n) is 10.3. The van der Waals surface area contributed by atoms with Gasteiger partial charge < -0.3 is 5.73 Å². The number of hydrogen-bond acceptors (Lipinski definition) is 3. The van der Waals surface area contributed by atoms with Crippen LogP contribution in [0.4, 0.5) is 4.39 Å². The van der Waals surface area contributed by atoms with E-state index in [2.05, 4.69) is 0 Å². The van der Waals surface area contributed by atoms with E-state index in [1.807, 2.05) is 0 Å². The van der Waals surface area contributed by atoms with Gasteiger partial charge in [-0.05, 0) is 37.5 Å². The highest BCUT2D eigenvalue weighted by molar-refractivity contribution is 7.89. The van der Waals surface area contributed by atoms with E-state index in [4.69, 9.17) is 5.73 Å². The molecule has 2 N–H and O–H groups in total. The van der Waals surface area contributed by atoms with E-state index in [1.165, 1.54) is 16.4 Å². The Hall–Kier alpha value is -0.980. The molecule has 0 aliphatic carbocycles. The normalized spacial score (nSPS) is 21.4. The molecule has 2 rings (SSSR count). The second-order valence-electron chi connectivity index (χ2n) is 4.56. The standard InChI is InChI=1S/C12H17FN2O2S/c1-9-4-5-10(13)7-12(9)18(16,17)15-6-2-3-11(15)8-14/h4-5,7,11H,2-3,6,8,14H2,1H3. The Kier molecular flexibility index (Phi) is 3.70. The lowest BCUT2D eigenvalue weighted by Gasteiger charge is -2.23. The zero-order valence-corrected chi connectivity index (χ0v) is 11.1. The number of rotatable bonds is 3. The van der Waals surface area contributed by atoms with Crippen LogP contribution < -0.4 is 5.73 Å². The fourth-order valence-corrected chi connectivity index (χ4v) is 4.28. The lowest BCUT2D eigenvalue weighted by atomic mass is 10.2. The summed E-state index contributed by atoms with van der Waals surface area (Å²) in [6.45, 7) is 2.42. The summed E-state index contributed by atoms with van der Waals surface area (Å²) in [5.41, 5.74) is 6.14. The quantitative estimate of drug-likeness (QED) is 0.900. The Bertz CT molecular complexity index is 545. The molecule has 1 aliphatic heterocycles. The SMILES string of the molecule is Cc1ccc(F)cc1S(=O)(=O)N1CCCC1CN. The minimum absolute atomic E-state index is 0.0443. The van der Waals surface area contributed by atoms with Crippen molar-refractivity contribution >= 4 is 10.0 Å². The fourth-order valence-electron chi connectivity index (χ4n) is 2.34. The van der Waals surface area contributed by atoms with E-state index < -0.39 is 15.8 Å². The first kappa shape index (κ1) is 13.5. The van der Waals surface area contributed by atoms with E-state index in [-0.39, 0.29) is 10.9 Å². The van der Waals surface area contributed by atoms with E-state index in [1.54, 1.807) is 6.92 Å². The van der Waals surface area contributed by atoms with Gasteiger partial charge in [0.2, 0.25) is 10.0 Å². The van der Waals surface area contributed by atoms with Gasteiger partial charge in [0, 0.05) is 19.1 Å². The summed E-state index contributed by atoms with van der Waals surface area (Å²) in [6.07, 6.45) is 1.57. The van der Waals surface area contributed by atoms with Gasteiger partial charge in [-0.15, -0.1) is 0 Å². The van der Waals surface area contributed by atoms with Gasteiger partial charge in [0.05, 0.1) is 4.90 Å². The molecule has 1 aromatic carbocycles. The number of sulfonamides is 1. The topological polar surface area (TPSA) is 63.4 Å². The van der Waals surface area contributed by atoms with E-state index in [9.17, 15) is 12.8 Å². The van der Waals surface area contributed by atoms with Crippen molar-refractivity contribution in [3.05, 3.63) is 29.6 Å². The summed E-state index contributed by atoms with van der Waals surface area (Å²) in [5.74, 6) is -0.539. The van der Waals surface area contributed by atoms with Crippen molar-refractivity contribution in [2.45, 2.75) is 30.7 Å². The molecule has 0 bridgehead atoms. The Balaban J connectivity index is 2.45. The highest BCUT2D eigenvalue weighted by Crippen LogP contribution is 2.27. The number of nitrogens with zero attached hydrogens (tertiary/aromatic N) is 1. The predicted molar refractivity (Wildman–Crippen MR) is 67.1 cm³/mol. The number of benzene rings is 1. The Morgan fingerprint density at radius 3 is 2.89 bits per heavy atom. The molecule has 0 radical (unpaired) electrons. The molecule has 0 aromatic heterocycles. The highest BCUT2D eigenvalue weighted by Gasteiger charge is 2.35. The minimum atomic E-state index is -3.64. The average molecular weight is 272 g/mol. The molecule has 6 heteroatoms. The van der Waals surface area contributed by atoms with Crippen LogP contribution >= 0.6 is 0 Å². The van der Waals surface area contributed by atoms with Gasteiger partial charge >= 0.3 is 0 Å². The molecule has 0 spiro atoms. The van der Waals surface area contributed by atoms with Crippen LogP contribution in [0.2, 0.25) is 0 Å². The Morgan fingerprint density at radius 2 is 2.22 bits per heavy atom. The lowest BCUT2D eigenvalue weighted by Crippen LogP contribution is -2.40. The minimum Gasteiger partial charge on any atom is -0.329 e. The first-order valence-electron chi connectivity index (χ1n) is 5.95. The average Bonchev–Trinajstić information content (AvgIpc) is 2.81. The van der Waals surface area contributed by atoms with Crippen molar-refractivity contribution in [1.82, 2.24) is 4.31 Å². The van der Waals surface area contributed by atoms with Crippen LogP contribution in [-0.2, 0) is 10.0 Å². The molecular weight excluding hydrogens is 255 g/mol. The summed E-state index contributed by atoms with van der Waals surface area (Å²) in [6, 6.07) is 3.66. The van der Waals surface area contributed by atoms with Crippen LogP contribution in [0.25, 0.3) is 0 Å². The molecule has 1 saturated heterocycles. The maximum absolute atomic E-state index is 13.2. The van der Waals surface area contributed by atoms with Crippen LogP contribution in [0.15, 0.2) is 23.1 Å². The predicted octanol–water partition coefficient (Wildman–Crippen LogP) is 1.25. The van der Waals surface area contributed by atoms with Crippen LogP contribution in [0, 0.1) is 12.7 Å². The molecule has 1 atom stereocenters. The third-order valence-electron chi connectivity index (χ3n) is 3.33. The lowest BCUT2D eigenvalue weighted by molar-refractivity contribution is 0.392. The van der Waals surface area contributed by atoms with E-state index in [0.29, 0.717) is 18.7 Å². The monoisotopic (exact) mass is 272 g/mol. The van der Waals surface area contributed by atoms with Crippen LogP contribution in [0.1, 0.15) is 18.4 Å². The molecule has 1 unspecified atom stereocenters. The summed E-state index contributed by atoms with van der Waals surface area (Å²) < 4.78 is 39.6. The summed E-state index contributed by atoms with van der Waals surface area (Å²) >= 11 is 0. The third kappa shape index (κ3) is 2.28. The molecular formula is C12H17FN2O2S.